The van der Waals surface area contributed by atoms with Crippen molar-refractivity contribution in [1.82, 2.24) is 9.80 Å². The molecule has 6 heteroatoms. The van der Waals surface area contributed by atoms with Crippen LogP contribution in [0.25, 0.3) is 0 Å². The van der Waals surface area contributed by atoms with Crippen LogP contribution in [0, 0.1) is 5.82 Å². The molecule has 2 aliphatic heterocycles. The molecule has 1 amide bonds. The van der Waals surface area contributed by atoms with Gasteiger partial charge in [-0.1, -0.05) is 42.5 Å². The number of hydrogen-bond acceptors (Lipinski definition) is 4. The summed E-state index contributed by atoms with van der Waals surface area (Å²) in [5.74, 6) is 1.77. The van der Waals surface area contributed by atoms with Gasteiger partial charge in [0.1, 0.15) is 22.7 Å². The van der Waals surface area contributed by atoms with Crippen molar-refractivity contribution in [1.29, 1.82) is 0 Å². The summed E-state index contributed by atoms with van der Waals surface area (Å²) in [5.41, 5.74) is 2.45. The zero-order valence-corrected chi connectivity index (χ0v) is 19.2. The first-order chi connectivity index (χ1) is 16.2. The summed E-state index contributed by atoms with van der Waals surface area (Å²) in [7, 11) is 0. The van der Waals surface area contributed by atoms with E-state index in [0.717, 1.165) is 38.0 Å². The smallest absolute Gasteiger partial charge is 0.234 e. The largest absolute Gasteiger partial charge is 0.457 e. The molecule has 3 aromatic carbocycles. The van der Waals surface area contributed by atoms with E-state index in [0.29, 0.717) is 17.3 Å². The first kappa shape index (κ1) is 22.0. The third kappa shape index (κ3) is 5.23. The lowest BCUT2D eigenvalue weighted by atomic mass is 10.0. The molecule has 0 radical (unpaired) electrons. The number of hydrogen-bond donors (Lipinski definition) is 0. The highest BCUT2D eigenvalue weighted by Gasteiger charge is 2.38. The number of benzene rings is 3. The van der Waals surface area contributed by atoms with E-state index < -0.39 is 0 Å². The average Bonchev–Trinajstić information content (AvgIpc) is 3.23. The Hall–Kier alpha value is -2.83. The second-order valence-corrected chi connectivity index (χ2v) is 9.65. The maximum atomic E-state index is 13.1. The lowest BCUT2D eigenvalue weighted by Gasteiger charge is -2.39. The molecule has 2 heterocycles. The van der Waals surface area contributed by atoms with Gasteiger partial charge in [-0.05, 0) is 60.4 Å². The summed E-state index contributed by atoms with van der Waals surface area (Å²) in [6, 6.07) is 24.7. The Morgan fingerprint density at radius 3 is 2.18 bits per heavy atom. The van der Waals surface area contributed by atoms with E-state index in [4.69, 9.17) is 4.74 Å². The second-order valence-electron chi connectivity index (χ2n) is 8.58. The lowest BCUT2D eigenvalue weighted by Crippen LogP contribution is -2.46. The van der Waals surface area contributed by atoms with Gasteiger partial charge < -0.3 is 9.64 Å². The first-order valence-corrected chi connectivity index (χ1v) is 12.4. The van der Waals surface area contributed by atoms with Crippen LogP contribution in [0.4, 0.5) is 4.39 Å². The summed E-state index contributed by atoms with van der Waals surface area (Å²) in [5, 5.41) is 0.0445. The van der Waals surface area contributed by atoms with E-state index in [1.807, 2.05) is 30.3 Å². The maximum absolute atomic E-state index is 13.1. The van der Waals surface area contributed by atoms with E-state index >= 15 is 0 Å². The summed E-state index contributed by atoms with van der Waals surface area (Å²) in [6.45, 7) is 2.98. The summed E-state index contributed by atoms with van der Waals surface area (Å²) in [4.78, 5) is 17.4. The molecular formula is C27H27FN2O2S. The summed E-state index contributed by atoms with van der Waals surface area (Å²) < 4.78 is 18.9. The highest BCUT2D eigenvalue weighted by Crippen LogP contribution is 2.42. The van der Waals surface area contributed by atoms with Crippen LogP contribution in [0.3, 0.4) is 0 Å². The molecule has 0 bridgehead atoms. The van der Waals surface area contributed by atoms with Gasteiger partial charge in [-0.15, -0.1) is 11.8 Å². The molecule has 3 aromatic rings. The Balaban J connectivity index is 1.21. The van der Waals surface area contributed by atoms with Crippen molar-refractivity contribution in [2.24, 2.45) is 0 Å². The molecule has 0 aliphatic carbocycles. The molecule has 2 saturated heterocycles. The summed E-state index contributed by atoms with van der Waals surface area (Å²) in [6.07, 6.45) is 2.00. The Bertz CT molecular complexity index is 1070. The molecular weight excluding hydrogens is 435 g/mol. The second kappa shape index (κ2) is 9.98. The van der Waals surface area contributed by atoms with E-state index in [1.165, 1.54) is 17.7 Å². The molecule has 4 nitrogen and oxygen atoms in total. The van der Waals surface area contributed by atoms with Gasteiger partial charge in [0.15, 0.2) is 0 Å². The number of carbonyl (C=O) groups is 1. The predicted octanol–water partition coefficient (Wildman–Crippen LogP) is 5.86. The minimum absolute atomic E-state index is 0.0445. The SMILES string of the molecule is O=C1CSC(c2ccc(Oc3ccc(F)cc3)cc2)N1C1CCN(Cc2ccccc2)CC1. The van der Waals surface area contributed by atoms with E-state index in [-0.39, 0.29) is 23.1 Å². The molecule has 170 valence electrons. The monoisotopic (exact) mass is 462 g/mol. The standard InChI is InChI=1S/C27H27FN2O2S/c28-22-8-12-25(13-9-22)32-24-10-6-21(7-11-24)27-30(26(31)19-33-27)23-14-16-29(17-15-23)18-20-4-2-1-3-5-20/h1-13,23,27H,14-19H2. The number of nitrogens with zero attached hydrogens (tertiary/aromatic N) is 2. The zero-order valence-electron chi connectivity index (χ0n) is 18.4. The van der Waals surface area contributed by atoms with Crippen LogP contribution in [0.2, 0.25) is 0 Å². The predicted molar refractivity (Wildman–Crippen MR) is 130 cm³/mol. The molecule has 5 rings (SSSR count). The zero-order chi connectivity index (χ0) is 22.6. The number of halogens is 1. The maximum Gasteiger partial charge on any atom is 0.234 e. The third-order valence-corrected chi connectivity index (χ3v) is 7.55. The quantitative estimate of drug-likeness (QED) is 0.460. The van der Waals surface area contributed by atoms with Crippen molar-refractivity contribution in [3.05, 3.63) is 95.8 Å². The van der Waals surface area contributed by atoms with Crippen molar-refractivity contribution >= 4 is 17.7 Å². The topological polar surface area (TPSA) is 32.8 Å². The van der Waals surface area contributed by atoms with Crippen molar-refractivity contribution < 1.29 is 13.9 Å². The molecule has 33 heavy (non-hydrogen) atoms. The van der Waals surface area contributed by atoms with Gasteiger partial charge in [0.2, 0.25) is 5.91 Å². The molecule has 0 spiro atoms. The van der Waals surface area contributed by atoms with Crippen molar-refractivity contribution in [3.8, 4) is 11.5 Å². The van der Waals surface area contributed by atoms with Gasteiger partial charge in [0.05, 0.1) is 5.75 Å². The number of amides is 1. The van der Waals surface area contributed by atoms with Crippen LogP contribution in [0.15, 0.2) is 78.9 Å². The Morgan fingerprint density at radius 2 is 1.52 bits per heavy atom. The third-order valence-electron chi connectivity index (χ3n) is 6.32. The highest BCUT2D eigenvalue weighted by atomic mass is 32.2. The number of rotatable bonds is 6. The van der Waals surface area contributed by atoms with Gasteiger partial charge in [-0.2, -0.15) is 0 Å². The number of piperidine rings is 1. The lowest BCUT2D eigenvalue weighted by molar-refractivity contribution is -0.131. The minimum Gasteiger partial charge on any atom is -0.457 e. The fraction of sp³-hybridized carbons (Fsp3) is 0.296. The average molecular weight is 463 g/mol. The molecule has 1 unspecified atom stereocenters. The van der Waals surface area contributed by atoms with Crippen molar-refractivity contribution in [3.63, 3.8) is 0 Å². The first-order valence-electron chi connectivity index (χ1n) is 11.4. The number of ether oxygens (including phenoxy) is 1. The molecule has 0 aromatic heterocycles. The van der Waals surface area contributed by atoms with E-state index in [1.54, 1.807) is 23.9 Å². The van der Waals surface area contributed by atoms with Crippen LogP contribution in [-0.4, -0.2) is 40.6 Å². The van der Waals surface area contributed by atoms with E-state index in [9.17, 15) is 9.18 Å². The fourth-order valence-electron chi connectivity index (χ4n) is 4.62. The van der Waals surface area contributed by atoms with E-state index in [2.05, 4.69) is 34.1 Å². The highest BCUT2D eigenvalue weighted by molar-refractivity contribution is 8.00. The molecule has 2 aliphatic rings. The fourth-order valence-corrected chi connectivity index (χ4v) is 5.87. The minimum atomic E-state index is -0.286. The van der Waals surface area contributed by atoms with Crippen LogP contribution in [-0.2, 0) is 11.3 Å². The molecule has 1 atom stereocenters. The van der Waals surface area contributed by atoms with Gasteiger partial charge in [0.25, 0.3) is 0 Å². The summed E-state index contributed by atoms with van der Waals surface area (Å²) >= 11 is 1.70. The molecule has 0 N–H and O–H groups in total. The van der Waals surface area contributed by atoms with Crippen LogP contribution in [0.1, 0.15) is 29.3 Å². The Morgan fingerprint density at radius 1 is 0.879 bits per heavy atom. The van der Waals surface area contributed by atoms with Gasteiger partial charge >= 0.3 is 0 Å². The van der Waals surface area contributed by atoms with Gasteiger partial charge in [0, 0.05) is 25.7 Å². The van der Waals surface area contributed by atoms with Crippen molar-refractivity contribution in [2.45, 2.75) is 30.8 Å². The normalized spacial score (nSPS) is 19.7. The number of likely N-dealkylation sites (tertiary alicyclic amines) is 1. The number of carbonyl (C=O) groups excluding carboxylic acids is 1. The molecule has 0 saturated carbocycles. The van der Waals surface area contributed by atoms with Crippen LogP contribution >= 0.6 is 11.8 Å². The van der Waals surface area contributed by atoms with Gasteiger partial charge in [-0.25, -0.2) is 4.39 Å². The van der Waals surface area contributed by atoms with Crippen LogP contribution in [0.5, 0.6) is 11.5 Å². The van der Waals surface area contributed by atoms with Crippen molar-refractivity contribution in [2.75, 3.05) is 18.8 Å². The number of thioether (sulfide) groups is 1. The molecule has 2 fully saturated rings. The Kier molecular flexibility index (Phi) is 6.65. The van der Waals surface area contributed by atoms with Crippen LogP contribution < -0.4 is 4.74 Å². The van der Waals surface area contributed by atoms with Gasteiger partial charge in [-0.3, -0.25) is 9.69 Å². The Labute approximate surface area is 198 Å².